The Kier molecular flexibility index (Phi) is 10.8. The zero-order valence-corrected chi connectivity index (χ0v) is 13.3. The number of hydrogen-bond acceptors (Lipinski definition) is 6. The Bertz CT molecular complexity index is 265. The van der Waals surface area contributed by atoms with Gasteiger partial charge in [-0.25, -0.2) is 0 Å². The van der Waals surface area contributed by atoms with Gasteiger partial charge in [0, 0.05) is 50.8 Å². The molecular formula is C12H24N4O2S2. The molecule has 2 amide bonds. The van der Waals surface area contributed by atoms with E-state index < -0.39 is 0 Å². The summed E-state index contributed by atoms with van der Waals surface area (Å²) in [4.78, 5) is 23.0. The van der Waals surface area contributed by atoms with Gasteiger partial charge in [0.2, 0.25) is 11.8 Å². The van der Waals surface area contributed by atoms with Crippen LogP contribution in [0.25, 0.3) is 0 Å². The zero-order valence-electron chi connectivity index (χ0n) is 11.7. The Morgan fingerprint density at radius 3 is 1.50 bits per heavy atom. The van der Waals surface area contributed by atoms with Gasteiger partial charge in [0.25, 0.3) is 0 Å². The highest BCUT2D eigenvalue weighted by Crippen LogP contribution is 2.06. The Hall–Kier alpha value is -0.440. The van der Waals surface area contributed by atoms with Gasteiger partial charge in [0.05, 0.1) is 11.5 Å². The van der Waals surface area contributed by atoms with Crippen molar-refractivity contribution < 1.29 is 9.59 Å². The van der Waals surface area contributed by atoms with Gasteiger partial charge in [-0.1, -0.05) is 0 Å². The van der Waals surface area contributed by atoms with Crippen molar-refractivity contribution in [1.82, 2.24) is 21.3 Å². The number of hydrogen-bond donors (Lipinski definition) is 4. The molecule has 1 aliphatic heterocycles. The van der Waals surface area contributed by atoms with Crippen LogP contribution >= 0.6 is 23.5 Å². The fourth-order valence-corrected chi connectivity index (χ4v) is 3.36. The number of carbonyl (C=O) groups excluding carboxylic acids is 2. The Morgan fingerprint density at radius 2 is 1.05 bits per heavy atom. The summed E-state index contributed by atoms with van der Waals surface area (Å²) in [6.07, 6.45) is 0. The first-order chi connectivity index (χ1) is 9.79. The third kappa shape index (κ3) is 10.4. The monoisotopic (exact) mass is 320 g/mol. The molecule has 1 heterocycles. The van der Waals surface area contributed by atoms with Gasteiger partial charge >= 0.3 is 0 Å². The molecule has 0 spiro atoms. The van der Waals surface area contributed by atoms with Crippen LogP contribution in [0, 0.1) is 0 Å². The van der Waals surface area contributed by atoms with E-state index in [1.807, 2.05) is 0 Å². The SMILES string of the molecule is O=C1CSCCSCC(=O)NCCNCCNCCN1. The van der Waals surface area contributed by atoms with E-state index in [9.17, 15) is 9.59 Å². The fourth-order valence-electron chi connectivity index (χ4n) is 1.56. The van der Waals surface area contributed by atoms with Gasteiger partial charge in [-0.05, 0) is 0 Å². The third-order valence-electron chi connectivity index (χ3n) is 2.56. The molecule has 20 heavy (non-hydrogen) atoms. The highest BCUT2D eigenvalue weighted by atomic mass is 32.2. The molecule has 1 saturated heterocycles. The maximum atomic E-state index is 11.5. The maximum absolute atomic E-state index is 11.5. The maximum Gasteiger partial charge on any atom is 0.230 e. The molecule has 0 aromatic heterocycles. The molecule has 4 N–H and O–H groups in total. The second-order valence-electron chi connectivity index (χ2n) is 4.31. The van der Waals surface area contributed by atoms with Gasteiger partial charge in [-0.2, -0.15) is 23.5 Å². The second kappa shape index (κ2) is 12.3. The molecule has 116 valence electrons. The molecule has 0 bridgehead atoms. The summed E-state index contributed by atoms with van der Waals surface area (Å²) in [5.74, 6) is 2.94. The molecule has 1 rings (SSSR count). The summed E-state index contributed by atoms with van der Waals surface area (Å²) in [5, 5.41) is 12.2. The Morgan fingerprint density at radius 1 is 0.650 bits per heavy atom. The zero-order chi connectivity index (χ0) is 14.5. The van der Waals surface area contributed by atoms with Crippen molar-refractivity contribution in [3.05, 3.63) is 0 Å². The van der Waals surface area contributed by atoms with E-state index in [2.05, 4.69) is 21.3 Å². The van der Waals surface area contributed by atoms with Crippen molar-refractivity contribution in [2.24, 2.45) is 0 Å². The van der Waals surface area contributed by atoms with E-state index in [1.165, 1.54) is 0 Å². The standard InChI is InChI=1S/C12H24N4O2S2/c17-11-9-19-7-8-20-10-12(18)16-6-4-14-2-1-13-3-5-15-11/h13-14H,1-10H2,(H,15,17)(H,16,18). The smallest absolute Gasteiger partial charge is 0.230 e. The van der Waals surface area contributed by atoms with Crippen molar-refractivity contribution in [2.75, 3.05) is 62.3 Å². The minimum Gasteiger partial charge on any atom is -0.354 e. The molecule has 0 aromatic carbocycles. The van der Waals surface area contributed by atoms with E-state index in [1.54, 1.807) is 23.5 Å². The lowest BCUT2D eigenvalue weighted by atomic mass is 10.5. The molecule has 6 nitrogen and oxygen atoms in total. The first-order valence-electron chi connectivity index (χ1n) is 6.89. The van der Waals surface area contributed by atoms with E-state index in [-0.39, 0.29) is 11.8 Å². The lowest BCUT2D eigenvalue weighted by Crippen LogP contribution is -2.38. The predicted octanol–water partition coefficient (Wildman–Crippen LogP) is -1.12. The molecule has 0 radical (unpaired) electrons. The molecule has 8 heteroatoms. The van der Waals surface area contributed by atoms with Crippen LogP contribution in [0.1, 0.15) is 0 Å². The van der Waals surface area contributed by atoms with Crippen LogP contribution in [-0.4, -0.2) is 74.1 Å². The Labute approximate surface area is 129 Å². The van der Waals surface area contributed by atoms with E-state index in [0.29, 0.717) is 24.6 Å². The highest BCUT2D eigenvalue weighted by molar-refractivity contribution is 8.03. The average molecular weight is 320 g/mol. The van der Waals surface area contributed by atoms with Gasteiger partial charge in [0.15, 0.2) is 0 Å². The van der Waals surface area contributed by atoms with E-state index in [0.717, 1.165) is 37.7 Å². The van der Waals surface area contributed by atoms with Gasteiger partial charge in [-0.15, -0.1) is 0 Å². The van der Waals surface area contributed by atoms with Gasteiger partial charge in [0.1, 0.15) is 0 Å². The van der Waals surface area contributed by atoms with Crippen LogP contribution in [0.4, 0.5) is 0 Å². The van der Waals surface area contributed by atoms with Crippen LogP contribution in [0.15, 0.2) is 0 Å². The first kappa shape index (κ1) is 17.6. The lowest BCUT2D eigenvalue weighted by molar-refractivity contribution is -0.119. The lowest BCUT2D eigenvalue weighted by Gasteiger charge is -2.09. The Balaban J connectivity index is 2.19. The van der Waals surface area contributed by atoms with Crippen LogP contribution in [0.5, 0.6) is 0 Å². The summed E-state index contributed by atoms with van der Waals surface area (Å²) in [6.45, 7) is 4.62. The number of thioether (sulfide) groups is 2. The average Bonchev–Trinajstić information content (AvgIpc) is 2.43. The van der Waals surface area contributed by atoms with Crippen molar-refractivity contribution in [3.8, 4) is 0 Å². The quantitative estimate of drug-likeness (QED) is 0.453. The van der Waals surface area contributed by atoms with Crippen molar-refractivity contribution in [2.45, 2.75) is 0 Å². The predicted molar refractivity (Wildman–Crippen MR) is 86.4 cm³/mol. The highest BCUT2D eigenvalue weighted by Gasteiger charge is 2.03. The number of nitrogens with one attached hydrogen (secondary N) is 4. The summed E-state index contributed by atoms with van der Waals surface area (Å²) in [6, 6.07) is 0. The summed E-state index contributed by atoms with van der Waals surface area (Å²) in [7, 11) is 0. The summed E-state index contributed by atoms with van der Waals surface area (Å²) < 4.78 is 0. The van der Waals surface area contributed by atoms with Crippen LogP contribution in [0.3, 0.4) is 0 Å². The minimum atomic E-state index is 0.0822. The largest absolute Gasteiger partial charge is 0.354 e. The second-order valence-corrected chi connectivity index (χ2v) is 6.52. The number of rotatable bonds is 0. The van der Waals surface area contributed by atoms with Crippen LogP contribution in [-0.2, 0) is 9.59 Å². The molecule has 0 aliphatic carbocycles. The molecule has 0 atom stereocenters. The molecule has 0 unspecified atom stereocenters. The normalized spacial score (nSPS) is 22.2. The molecule has 1 fully saturated rings. The first-order valence-corrected chi connectivity index (χ1v) is 9.20. The van der Waals surface area contributed by atoms with Crippen LogP contribution < -0.4 is 21.3 Å². The molecule has 0 saturated carbocycles. The number of carbonyl (C=O) groups is 2. The number of amides is 2. The summed E-state index contributed by atoms with van der Waals surface area (Å²) in [5.41, 5.74) is 0. The topological polar surface area (TPSA) is 82.3 Å². The van der Waals surface area contributed by atoms with Gasteiger partial charge < -0.3 is 21.3 Å². The van der Waals surface area contributed by atoms with Crippen molar-refractivity contribution in [3.63, 3.8) is 0 Å². The van der Waals surface area contributed by atoms with Crippen LogP contribution in [0.2, 0.25) is 0 Å². The third-order valence-corrected chi connectivity index (χ3v) is 4.74. The van der Waals surface area contributed by atoms with Crippen molar-refractivity contribution >= 4 is 35.3 Å². The van der Waals surface area contributed by atoms with E-state index in [4.69, 9.17) is 0 Å². The summed E-state index contributed by atoms with van der Waals surface area (Å²) >= 11 is 3.22. The van der Waals surface area contributed by atoms with Gasteiger partial charge in [-0.3, -0.25) is 9.59 Å². The minimum absolute atomic E-state index is 0.0822. The molecular weight excluding hydrogens is 296 g/mol. The van der Waals surface area contributed by atoms with Crippen molar-refractivity contribution in [1.29, 1.82) is 0 Å². The molecule has 0 aromatic rings. The molecule has 1 aliphatic rings. The fraction of sp³-hybridized carbons (Fsp3) is 0.833. The van der Waals surface area contributed by atoms with E-state index >= 15 is 0 Å².